The first kappa shape index (κ1) is 14.1. The predicted molar refractivity (Wildman–Crippen MR) is 83.2 cm³/mol. The molecule has 0 unspecified atom stereocenters. The lowest BCUT2D eigenvalue weighted by atomic mass is 10.3. The maximum atomic E-state index is 6.13. The molecule has 0 spiro atoms. The molecule has 100 valence electrons. The summed E-state index contributed by atoms with van der Waals surface area (Å²) in [5, 5.41) is 6.96. The van der Waals surface area contributed by atoms with Crippen molar-refractivity contribution in [3.63, 3.8) is 0 Å². The van der Waals surface area contributed by atoms with Crippen molar-refractivity contribution in [2.45, 2.75) is 13.3 Å². The number of hydrogen-bond donors (Lipinski definition) is 2. The Morgan fingerprint density at radius 2 is 2.16 bits per heavy atom. The highest BCUT2D eigenvalue weighted by Crippen LogP contribution is 2.28. The van der Waals surface area contributed by atoms with Crippen LogP contribution in [-0.4, -0.2) is 16.5 Å². The molecule has 1 aromatic heterocycles. The summed E-state index contributed by atoms with van der Waals surface area (Å²) in [5.74, 6) is 1.31. The molecule has 0 aliphatic carbocycles. The SMILES string of the molecule is CCCNc1nccc(Nc2cc(Br)ccc2Cl)n1. The van der Waals surface area contributed by atoms with Gasteiger partial charge in [-0.25, -0.2) is 4.98 Å². The van der Waals surface area contributed by atoms with Crippen molar-refractivity contribution in [3.05, 3.63) is 40.0 Å². The number of hydrogen-bond acceptors (Lipinski definition) is 4. The summed E-state index contributed by atoms with van der Waals surface area (Å²) in [5.41, 5.74) is 0.802. The maximum absolute atomic E-state index is 6.13. The molecule has 2 N–H and O–H groups in total. The van der Waals surface area contributed by atoms with Gasteiger partial charge in [-0.15, -0.1) is 0 Å². The highest BCUT2D eigenvalue weighted by atomic mass is 79.9. The summed E-state index contributed by atoms with van der Waals surface area (Å²) in [4.78, 5) is 8.52. The third-order valence-electron chi connectivity index (χ3n) is 2.38. The Hall–Kier alpha value is -1.33. The first-order chi connectivity index (χ1) is 9.19. The summed E-state index contributed by atoms with van der Waals surface area (Å²) in [6.07, 6.45) is 2.73. The third-order valence-corrected chi connectivity index (χ3v) is 3.20. The molecule has 0 amide bonds. The summed E-state index contributed by atoms with van der Waals surface area (Å²) >= 11 is 9.54. The molecule has 0 saturated carbocycles. The van der Waals surface area contributed by atoms with Crippen LogP contribution in [0.15, 0.2) is 34.9 Å². The molecule has 0 saturated heterocycles. The molecule has 0 radical (unpaired) electrons. The zero-order valence-corrected chi connectivity index (χ0v) is 12.8. The minimum absolute atomic E-state index is 0.609. The van der Waals surface area contributed by atoms with Gasteiger partial charge in [0.15, 0.2) is 0 Å². The number of anilines is 3. The second kappa shape index (κ2) is 6.73. The molecule has 1 heterocycles. The first-order valence-electron chi connectivity index (χ1n) is 5.98. The van der Waals surface area contributed by atoms with Crippen molar-refractivity contribution in [2.24, 2.45) is 0 Å². The Labute approximate surface area is 125 Å². The quantitative estimate of drug-likeness (QED) is 0.843. The fourth-order valence-corrected chi connectivity index (χ4v) is 2.01. The summed E-state index contributed by atoms with van der Waals surface area (Å²) < 4.78 is 0.956. The average Bonchev–Trinajstić information content (AvgIpc) is 2.41. The molecule has 2 aromatic rings. The first-order valence-corrected chi connectivity index (χ1v) is 7.15. The van der Waals surface area contributed by atoms with Gasteiger partial charge in [0.2, 0.25) is 5.95 Å². The number of nitrogens with zero attached hydrogens (tertiary/aromatic N) is 2. The van der Waals surface area contributed by atoms with Gasteiger partial charge in [-0.1, -0.05) is 34.5 Å². The molecular formula is C13H14BrClN4. The number of halogens is 2. The highest BCUT2D eigenvalue weighted by molar-refractivity contribution is 9.10. The Morgan fingerprint density at radius 1 is 1.32 bits per heavy atom. The van der Waals surface area contributed by atoms with E-state index in [4.69, 9.17) is 11.6 Å². The molecular weight excluding hydrogens is 328 g/mol. The lowest BCUT2D eigenvalue weighted by Crippen LogP contribution is -2.05. The van der Waals surface area contributed by atoms with Crippen LogP contribution in [0.4, 0.5) is 17.5 Å². The van der Waals surface area contributed by atoms with Crippen LogP contribution in [0.5, 0.6) is 0 Å². The van der Waals surface area contributed by atoms with E-state index in [1.165, 1.54) is 0 Å². The van der Waals surface area contributed by atoms with E-state index in [0.29, 0.717) is 16.8 Å². The van der Waals surface area contributed by atoms with Gasteiger partial charge < -0.3 is 10.6 Å². The molecule has 4 nitrogen and oxygen atoms in total. The number of aromatic nitrogens is 2. The Bertz CT molecular complexity index is 562. The second-order valence-electron chi connectivity index (χ2n) is 3.94. The zero-order chi connectivity index (χ0) is 13.7. The van der Waals surface area contributed by atoms with E-state index < -0.39 is 0 Å². The molecule has 0 aliphatic rings. The van der Waals surface area contributed by atoms with Crippen LogP contribution in [0.3, 0.4) is 0 Å². The molecule has 0 bridgehead atoms. The highest BCUT2D eigenvalue weighted by Gasteiger charge is 2.03. The average molecular weight is 342 g/mol. The minimum atomic E-state index is 0.609. The smallest absolute Gasteiger partial charge is 0.224 e. The standard InChI is InChI=1S/C13H14BrClN4/c1-2-6-16-13-17-7-5-12(19-13)18-11-8-9(14)3-4-10(11)15/h3-5,7-8H,2,6H2,1H3,(H2,16,17,18,19). The van der Waals surface area contributed by atoms with Crippen LogP contribution in [0.1, 0.15) is 13.3 Å². The van der Waals surface area contributed by atoms with Crippen LogP contribution in [0.25, 0.3) is 0 Å². The molecule has 2 rings (SSSR count). The lowest BCUT2D eigenvalue weighted by Gasteiger charge is -2.09. The van der Waals surface area contributed by atoms with Crippen LogP contribution in [0.2, 0.25) is 5.02 Å². The van der Waals surface area contributed by atoms with Crippen molar-refractivity contribution < 1.29 is 0 Å². The Balaban J connectivity index is 2.16. The number of nitrogens with one attached hydrogen (secondary N) is 2. The molecule has 0 fully saturated rings. The van der Waals surface area contributed by atoms with Gasteiger partial charge in [-0.3, -0.25) is 0 Å². The number of rotatable bonds is 5. The van der Waals surface area contributed by atoms with Crippen molar-refractivity contribution in [1.82, 2.24) is 9.97 Å². The molecule has 0 aliphatic heterocycles. The van der Waals surface area contributed by atoms with Crippen LogP contribution >= 0.6 is 27.5 Å². The largest absolute Gasteiger partial charge is 0.354 e. The van der Waals surface area contributed by atoms with E-state index >= 15 is 0 Å². The molecule has 6 heteroatoms. The maximum Gasteiger partial charge on any atom is 0.224 e. The fraction of sp³-hybridized carbons (Fsp3) is 0.231. The lowest BCUT2D eigenvalue weighted by molar-refractivity contribution is 0.953. The Kier molecular flexibility index (Phi) is 4.99. The topological polar surface area (TPSA) is 49.8 Å². The predicted octanol–water partition coefficient (Wildman–Crippen LogP) is 4.46. The van der Waals surface area contributed by atoms with Gasteiger partial charge in [0.25, 0.3) is 0 Å². The van der Waals surface area contributed by atoms with Gasteiger partial charge >= 0.3 is 0 Å². The van der Waals surface area contributed by atoms with Gasteiger partial charge in [-0.2, -0.15) is 4.98 Å². The summed E-state index contributed by atoms with van der Waals surface area (Å²) in [7, 11) is 0. The molecule has 0 atom stereocenters. The number of benzene rings is 1. The summed E-state index contributed by atoms with van der Waals surface area (Å²) in [6, 6.07) is 7.42. The van der Waals surface area contributed by atoms with E-state index in [9.17, 15) is 0 Å². The van der Waals surface area contributed by atoms with Crippen LogP contribution in [0, 0.1) is 0 Å². The summed E-state index contributed by atoms with van der Waals surface area (Å²) in [6.45, 7) is 2.94. The van der Waals surface area contributed by atoms with Gasteiger partial charge in [0, 0.05) is 17.2 Å². The minimum Gasteiger partial charge on any atom is -0.354 e. The third kappa shape index (κ3) is 4.08. The normalized spacial score (nSPS) is 10.3. The zero-order valence-electron chi connectivity index (χ0n) is 10.5. The molecule has 19 heavy (non-hydrogen) atoms. The van der Waals surface area contributed by atoms with E-state index in [1.54, 1.807) is 12.3 Å². The van der Waals surface area contributed by atoms with Gasteiger partial charge in [-0.05, 0) is 30.7 Å². The van der Waals surface area contributed by atoms with Crippen molar-refractivity contribution in [2.75, 3.05) is 17.2 Å². The van der Waals surface area contributed by atoms with E-state index in [1.807, 2.05) is 18.2 Å². The van der Waals surface area contributed by atoms with Crippen LogP contribution < -0.4 is 10.6 Å². The fourth-order valence-electron chi connectivity index (χ4n) is 1.48. The second-order valence-corrected chi connectivity index (χ2v) is 5.26. The van der Waals surface area contributed by atoms with E-state index in [0.717, 1.165) is 23.1 Å². The van der Waals surface area contributed by atoms with Crippen molar-refractivity contribution in [1.29, 1.82) is 0 Å². The van der Waals surface area contributed by atoms with E-state index in [2.05, 4.69) is 43.5 Å². The van der Waals surface area contributed by atoms with Crippen LogP contribution in [-0.2, 0) is 0 Å². The van der Waals surface area contributed by atoms with Crippen molar-refractivity contribution in [3.8, 4) is 0 Å². The van der Waals surface area contributed by atoms with E-state index in [-0.39, 0.29) is 0 Å². The molecule has 1 aromatic carbocycles. The van der Waals surface area contributed by atoms with Crippen molar-refractivity contribution >= 4 is 45.0 Å². The monoisotopic (exact) mass is 340 g/mol. The van der Waals surface area contributed by atoms with Gasteiger partial charge in [0.1, 0.15) is 5.82 Å². The Morgan fingerprint density at radius 3 is 2.95 bits per heavy atom. The van der Waals surface area contributed by atoms with Gasteiger partial charge in [0.05, 0.1) is 10.7 Å².